The monoisotopic (exact) mass is 1160 g/mol. The summed E-state index contributed by atoms with van der Waals surface area (Å²) in [5.41, 5.74) is 14.5. The van der Waals surface area contributed by atoms with Gasteiger partial charge in [0.25, 0.3) is 6.47 Å². The average Bonchev–Trinajstić information content (AvgIpc) is 4.05. The Morgan fingerprint density at radius 3 is 1.85 bits per heavy atom. The number of amides is 2. The van der Waals surface area contributed by atoms with Crippen LogP contribution in [0.3, 0.4) is 0 Å². The number of nitrogens with one attached hydrogen (secondary N) is 1. The molecule has 2 spiro atoms. The molecule has 4 saturated heterocycles. The quantitative estimate of drug-likeness (QED) is 0.133. The van der Waals surface area contributed by atoms with Crippen LogP contribution in [0.2, 0.25) is 0 Å². The van der Waals surface area contributed by atoms with Crippen LogP contribution in [0, 0.1) is 0 Å². The first-order valence-electron chi connectivity index (χ1n) is 22.7. The zero-order chi connectivity index (χ0) is 45.5. The normalized spacial score (nSPS) is 24.8. The Kier molecular flexibility index (Phi) is 23.3. The van der Waals surface area contributed by atoms with E-state index in [1.165, 1.54) is 82.9 Å². The van der Waals surface area contributed by atoms with Crippen molar-refractivity contribution in [1.82, 2.24) is 15.1 Å². The van der Waals surface area contributed by atoms with Crippen LogP contribution in [0.1, 0.15) is 101 Å². The van der Waals surface area contributed by atoms with Gasteiger partial charge in [-0.15, -0.1) is 0 Å². The maximum atomic E-state index is 11.7. The van der Waals surface area contributed by atoms with E-state index in [2.05, 4.69) is 71.6 Å². The standard InChI is InChI=1S/C19H24N2O4.C17H22BrNO.C5H12N2.C3H5NO2.CH2O3.Cu.HI.K/c22-18-21(10-11-23-18)16-4-5-17-14(12-16)13-24-19(25-17)6-8-20(9-7-19)15-2-1-3-15;18-14-4-5-16-13(12-14)6-7-17(20-16)8-10-19(11-9-17)15-2-1-3-15;6-4-2-1-3-5(4)7;5-3-4-1-2-6-3;2-1-4-3;;;/h4-5,12,15H,1-3,6-11,13H2;4-5,12,15H,1-3,6-11H2;4-5H,1-3,6-7H2;1-2H2,(H,4,5);1,3H;;1H;/q;;;;;+1;;+1/p-2/t;;4-,5-;;;;;/m..0...../s1. The van der Waals surface area contributed by atoms with Gasteiger partial charge in [-0.2, -0.15) is 0 Å². The number of halogens is 2. The molecule has 16 nitrogen and oxygen atoms in total. The maximum Gasteiger partial charge on any atom is 1.00 e. The van der Waals surface area contributed by atoms with Gasteiger partial charge in [0.1, 0.15) is 30.3 Å². The Labute approximate surface area is 453 Å². The third-order valence-electron chi connectivity index (χ3n) is 13.8. The van der Waals surface area contributed by atoms with Crippen LogP contribution in [-0.2, 0) is 49.7 Å². The van der Waals surface area contributed by atoms with Crippen LogP contribution in [0.4, 0.5) is 15.3 Å². The van der Waals surface area contributed by atoms with Crippen LogP contribution in [-0.4, -0.2) is 116 Å². The second kappa shape index (κ2) is 27.5. The second-order valence-electron chi connectivity index (χ2n) is 17.7. The second-order valence-corrected chi connectivity index (χ2v) is 18.6. The van der Waals surface area contributed by atoms with Gasteiger partial charge in [0, 0.05) is 78.9 Å². The molecule has 0 unspecified atom stereocenters. The minimum absolute atomic E-state index is 0. The van der Waals surface area contributed by atoms with Gasteiger partial charge in [0.2, 0.25) is 5.79 Å². The Morgan fingerprint density at radius 1 is 0.785 bits per heavy atom. The zero-order valence-corrected chi connectivity index (χ0v) is 45.3. The van der Waals surface area contributed by atoms with Crippen molar-refractivity contribution in [3.05, 3.63) is 52.0 Å². The van der Waals surface area contributed by atoms with Crippen molar-refractivity contribution in [2.75, 3.05) is 57.4 Å². The van der Waals surface area contributed by atoms with Crippen LogP contribution in [0.5, 0.6) is 11.5 Å². The number of rotatable bonds is 4. The maximum absolute atomic E-state index is 11.7. The van der Waals surface area contributed by atoms with E-state index in [0.29, 0.717) is 45.0 Å². The summed E-state index contributed by atoms with van der Waals surface area (Å²) in [6, 6.07) is 14.6. The molecule has 0 bridgehead atoms. The molecule has 0 aromatic heterocycles. The van der Waals surface area contributed by atoms with Gasteiger partial charge in [-0.1, -0.05) is 35.2 Å². The Morgan fingerprint density at radius 2 is 1.37 bits per heavy atom. The molecule has 2 aromatic carbocycles. The minimum atomic E-state index is -0.471. The fourth-order valence-corrected chi connectivity index (χ4v) is 9.91. The van der Waals surface area contributed by atoms with Crippen molar-refractivity contribution < 1.29 is 112 Å². The van der Waals surface area contributed by atoms with Gasteiger partial charge >= 0.3 is 96.7 Å². The van der Waals surface area contributed by atoms with Gasteiger partial charge in [-0.25, -0.2) is 9.59 Å². The fraction of sp³-hybridized carbons (Fsp3) is 0.667. The molecule has 5 N–H and O–H groups in total. The predicted octanol–water partition coefficient (Wildman–Crippen LogP) is 2.93. The van der Waals surface area contributed by atoms with Gasteiger partial charge in [0.05, 0.1) is 19.7 Å². The molecule has 2 aromatic rings. The smallest absolute Gasteiger partial charge is 1.00 e. The fourth-order valence-electron chi connectivity index (χ4n) is 9.50. The summed E-state index contributed by atoms with van der Waals surface area (Å²) < 4.78 is 29.5. The summed E-state index contributed by atoms with van der Waals surface area (Å²) in [7, 11) is 0. The van der Waals surface area contributed by atoms with E-state index in [9.17, 15) is 9.59 Å². The minimum Gasteiger partial charge on any atom is 1.00 e. The third-order valence-corrected chi connectivity index (χ3v) is 14.3. The molecule has 2 amide bonds. The van der Waals surface area contributed by atoms with E-state index in [-0.39, 0.29) is 75.6 Å². The topological polar surface area (TPSA) is 203 Å². The number of benzene rings is 2. The van der Waals surface area contributed by atoms with Crippen molar-refractivity contribution in [3.8, 4) is 11.5 Å². The molecule has 3 saturated carbocycles. The van der Waals surface area contributed by atoms with E-state index in [1.54, 1.807) is 25.2 Å². The summed E-state index contributed by atoms with van der Waals surface area (Å²) in [4.78, 5) is 39.9. The first kappa shape index (κ1) is 55.1. The van der Waals surface area contributed by atoms with Crippen molar-refractivity contribution >= 4 is 60.6 Å². The zero-order valence-electron chi connectivity index (χ0n) is 37.5. The average molecular weight is 1160 g/mol. The Bertz CT molecular complexity index is 1810. The number of ether oxygens (including phenoxy) is 5. The summed E-state index contributed by atoms with van der Waals surface area (Å²) in [5.74, 6) is 1.54. The van der Waals surface area contributed by atoms with E-state index < -0.39 is 5.79 Å². The summed E-state index contributed by atoms with van der Waals surface area (Å²) in [6.07, 6.45) is 17.9. The van der Waals surface area contributed by atoms with Gasteiger partial charge < -0.3 is 55.5 Å². The summed E-state index contributed by atoms with van der Waals surface area (Å²) >= 11 is 9.42. The number of nitrogens with two attached hydrogens (primary N) is 2. The molecule has 6 heterocycles. The van der Waals surface area contributed by atoms with Crippen LogP contribution in [0.15, 0.2) is 40.9 Å². The number of carbonyl (C=O) groups excluding carboxylic acids is 3. The molecule has 7 fully saturated rings. The molecule has 65 heavy (non-hydrogen) atoms. The van der Waals surface area contributed by atoms with E-state index >= 15 is 0 Å². The number of piperidine rings is 2. The number of alkyl carbamates (subject to hydrolysis) is 1. The first-order chi connectivity index (χ1) is 31.1. The molecule has 9 aliphatic rings. The number of cyclic esters (lactones) is 2. The van der Waals surface area contributed by atoms with E-state index in [1.807, 2.05) is 18.2 Å². The number of likely N-dealkylation sites (tertiary alicyclic amines) is 2. The summed E-state index contributed by atoms with van der Waals surface area (Å²) in [6.45, 7) is 7.17. The van der Waals surface area contributed by atoms with Crippen LogP contribution >= 0.6 is 36.3 Å². The van der Waals surface area contributed by atoms with Crippen molar-refractivity contribution in [1.29, 1.82) is 0 Å². The van der Waals surface area contributed by atoms with Crippen molar-refractivity contribution in [2.45, 2.75) is 138 Å². The molecule has 6 aliphatic heterocycles. The Hall–Kier alpha value is -0.824. The SMILES string of the molecule is Brc1ccc2c(c1)CCC1(CCN(C3CCC3)CC1)O2.N[C@H]1CCC[C@@H]1N.O=C1NCCO1.O=C1OCCN1c1ccc2c(c1)COC1(CCN(C3CCC3)CC1)O2.O=CO[O-].[Cu][I].[K+]. The Balaban J connectivity index is 0.000000175. The number of nitrogens with zero attached hydrogens (tertiary/aromatic N) is 3. The van der Waals surface area contributed by atoms with Crippen LogP contribution in [0.25, 0.3) is 0 Å². The number of aryl methyl sites for hydroxylation is 1. The number of fused-ring (bicyclic) bond motifs is 2. The number of hydrogen-bond acceptors (Lipinski definition) is 14. The molecule has 0 radical (unpaired) electrons. The molecular formula is C45H64BrCuIKN6O10. The molecule has 20 heteroatoms. The first-order valence-corrected chi connectivity index (χ1v) is 26.5. The van der Waals surface area contributed by atoms with E-state index in [4.69, 9.17) is 40.5 Å². The van der Waals surface area contributed by atoms with Gasteiger partial charge in [-0.3, -0.25) is 14.6 Å². The third kappa shape index (κ3) is 15.6. The predicted molar refractivity (Wildman–Crippen MR) is 246 cm³/mol. The van der Waals surface area contributed by atoms with Gasteiger partial charge in [-0.05, 0) is 106 Å². The van der Waals surface area contributed by atoms with E-state index in [0.717, 1.165) is 84.5 Å². The summed E-state index contributed by atoms with van der Waals surface area (Å²) in [5, 5.41) is 10.9. The molecule has 3 aliphatic carbocycles. The number of hydrogen-bond donors (Lipinski definition) is 3. The van der Waals surface area contributed by atoms with Crippen molar-refractivity contribution in [3.63, 3.8) is 0 Å². The largest absolute Gasteiger partial charge is 1.00 e. The molecular weight excluding hydrogens is 1090 g/mol. The van der Waals surface area contributed by atoms with Gasteiger partial charge in [0.15, 0.2) is 0 Å². The number of anilines is 1. The van der Waals surface area contributed by atoms with Crippen molar-refractivity contribution in [2.24, 2.45) is 11.5 Å². The molecule has 11 rings (SSSR count). The number of carbonyl (C=O) groups is 3. The molecule has 2 atom stereocenters. The molecule has 360 valence electrons. The van der Waals surface area contributed by atoms with Crippen LogP contribution < -0.4 is 87.8 Å².